The summed E-state index contributed by atoms with van der Waals surface area (Å²) in [7, 11) is -3.89. The molecule has 1 fully saturated rings. The van der Waals surface area contributed by atoms with Gasteiger partial charge in [0.2, 0.25) is 9.84 Å². The van der Waals surface area contributed by atoms with Gasteiger partial charge in [0.15, 0.2) is 10.7 Å². The SMILES string of the molecule is N#C/C(=C\N1CCN(C(=O)c2ccco2)CC1)S(=O)(=O)c1ccc(Br)cc1. The van der Waals surface area contributed by atoms with Crippen LogP contribution < -0.4 is 0 Å². The van der Waals surface area contributed by atoms with Crippen molar-refractivity contribution in [1.82, 2.24) is 9.80 Å². The van der Waals surface area contributed by atoms with Crippen LogP contribution in [0.4, 0.5) is 0 Å². The topological polar surface area (TPSA) is 94.6 Å². The summed E-state index contributed by atoms with van der Waals surface area (Å²) in [4.78, 5) is 15.4. The number of piperazine rings is 1. The molecule has 1 aliphatic heterocycles. The maximum Gasteiger partial charge on any atom is 0.289 e. The largest absolute Gasteiger partial charge is 0.459 e. The Morgan fingerprint density at radius 1 is 1.15 bits per heavy atom. The predicted octanol–water partition coefficient (Wildman–Crippen LogP) is 2.64. The third kappa shape index (κ3) is 4.23. The van der Waals surface area contributed by atoms with E-state index >= 15 is 0 Å². The molecule has 2 heterocycles. The maximum atomic E-state index is 12.7. The van der Waals surface area contributed by atoms with Crippen molar-refractivity contribution in [3.8, 4) is 6.07 Å². The van der Waals surface area contributed by atoms with Gasteiger partial charge in [-0.25, -0.2) is 8.42 Å². The number of hydrogen-bond acceptors (Lipinski definition) is 6. The molecule has 0 N–H and O–H groups in total. The van der Waals surface area contributed by atoms with Crippen LogP contribution in [-0.2, 0) is 9.84 Å². The Balaban J connectivity index is 1.71. The zero-order chi connectivity index (χ0) is 19.4. The molecule has 0 radical (unpaired) electrons. The number of amides is 1. The first-order valence-electron chi connectivity index (χ1n) is 8.11. The van der Waals surface area contributed by atoms with Crippen molar-refractivity contribution < 1.29 is 17.6 Å². The number of hydrogen-bond donors (Lipinski definition) is 0. The van der Waals surface area contributed by atoms with Gasteiger partial charge in [-0.1, -0.05) is 15.9 Å². The Hall–Kier alpha value is -2.57. The summed E-state index contributed by atoms with van der Waals surface area (Å²) in [6.07, 6.45) is 2.80. The minimum absolute atomic E-state index is 0.0603. The number of halogens is 1. The summed E-state index contributed by atoms with van der Waals surface area (Å²) in [6.45, 7) is 1.67. The molecule has 0 saturated carbocycles. The Morgan fingerprint density at radius 3 is 2.37 bits per heavy atom. The second-order valence-corrected chi connectivity index (χ2v) is 8.70. The molecule has 1 aromatic heterocycles. The number of carbonyl (C=O) groups excluding carboxylic acids is 1. The van der Waals surface area contributed by atoms with Crippen molar-refractivity contribution in [2.24, 2.45) is 0 Å². The lowest BCUT2D eigenvalue weighted by Gasteiger charge is -2.33. The molecule has 0 unspecified atom stereocenters. The van der Waals surface area contributed by atoms with Crippen LogP contribution in [0.25, 0.3) is 0 Å². The summed E-state index contributed by atoms with van der Waals surface area (Å²) in [6, 6.07) is 11.2. The van der Waals surface area contributed by atoms with E-state index in [0.717, 1.165) is 4.47 Å². The van der Waals surface area contributed by atoms with Crippen LogP contribution in [0, 0.1) is 11.3 Å². The summed E-state index contributed by atoms with van der Waals surface area (Å²) >= 11 is 3.26. The van der Waals surface area contributed by atoms with E-state index in [0.29, 0.717) is 26.2 Å². The quantitative estimate of drug-likeness (QED) is 0.665. The smallest absolute Gasteiger partial charge is 0.289 e. The zero-order valence-electron chi connectivity index (χ0n) is 14.2. The van der Waals surface area contributed by atoms with Gasteiger partial charge in [-0.2, -0.15) is 5.26 Å². The number of benzene rings is 1. The standard InChI is InChI=1S/C18H16BrN3O4S/c19-14-3-5-15(6-4-14)27(24,25)16(12-20)13-21-7-9-22(10-8-21)18(23)17-2-1-11-26-17/h1-6,11,13H,7-10H2/b16-13+. The van der Waals surface area contributed by atoms with Crippen molar-refractivity contribution in [2.75, 3.05) is 26.2 Å². The third-order valence-electron chi connectivity index (χ3n) is 4.16. The highest BCUT2D eigenvalue weighted by atomic mass is 79.9. The Morgan fingerprint density at radius 2 is 1.81 bits per heavy atom. The van der Waals surface area contributed by atoms with E-state index in [1.165, 1.54) is 24.6 Å². The molecule has 0 aliphatic carbocycles. The van der Waals surface area contributed by atoms with Crippen LogP contribution >= 0.6 is 15.9 Å². The van der Waals surface area contributed by atoms with Crippen molar-refractivity contribution >= 4 is 31.7 Å². The average molecular weight is 450 g/mol. The molecule has 0 spiro atoms. The van der Waals surface area contributed by atoms with E-state index in [4.69, 9.17) is 4.42 Å². The van der Waals surface area contributed by atoms with Gasteiger partial charge in [0, 0.05) is 36.9 Å². The lowest BCUT2D eigenvalue weighted by Crippen LogP contribution is -2.46. The summed E-state index contributed by atoms with van der Waals surface area (Å²) in [5.74, 6) is 0.0705. The number of allylic oxidation sites excluding steroid dienone is 1. The van der Waals surface area contributed by atoms with Gasteiger partial charge in [0.1, 0.15) is 6.07 Å². The number of nitriles is 1. The van der Waals surface area contributed by atoms with E-state index in [-0.39, 0.29) is 21.5 Å². The molecular formula is C18H16BrN3O4S. The molecule has 3 rings (SSSR count). The van der Waals surface area contributed by atoms with Crippen molar-refractivity contribution in [3.05, 3.63) is 64.0 Å². The van der Waals surface area contributed by atoms with Crippen molar-refractivity contribution in [2.45, 2.75) is 4.90 Å². The van der Waals surface area contributed by atoms with Gasteiger partial charge in [0.25, 0.3) is 5.91 Å². The molecule has 140 valence electrons. The van der Waals surface area contributed by atoms with E-state index in [1.54, 1.807) is 40.1 Å². The number of furan rings is 1. The minimum atomic E-state index is -3.89. The highest BCUT2D eigenvalue weighted by Gasteiger charge is 2.25. The average Bonchev–Trinajstić information content (AvgIpc) is 3.21. The molecule has 1 amide bonds. The van der Waals surface area contributed by atoms with Crippen LogP contribution in [0.2, 0.25) is 0 Å². The molecule has 1 aromatic carbocycles. The predicted molar refractivity (Wildman–Crippen MR) is 101 cm³/mol. The summed E-state index contributed by atoms with van der Waals surface area (Å²) in [5.41, 5.74) is 0. The Bertz CT molecular complexity index is 984. The second-order valence-electron chi connectivity index (χ2n) is 5.87. The zero-order valence-corrected chi connectivity index (χ0v) is 16.6. The van der Waals surface area contributed by atoms with Gasteiger partial charge in [0.05, 0.1) is 11.2 Å². The summed E-state index contributed by atoms with van der Waals surface area (Å²) < 4.78 is 31.2. The van der Waals surface area contributed by atoms with E-state index < -0.39 is 9.84 Å². The third-order valence-corrected chi connectivity index (χ3v) is 6.35. The fraction of sp³-hybridized carbons (Fsp3) is 0.222. The van der Waals surface area contributed by atoms with Gasteiger partial charge >= 0.3 is 0 Å². The van der Waals surface area contributed by atoms with Crippen LogP contribution in [0.1, 0.15) is 10.6 Å². The molecular weight excluding hydrogens is 434 g/mol. The lowest BCUT2D eigenvalue weighted by molar-refractivity contribution is 0.0647. The molecule has 0 bridgehead atoms. The van der Waals surface area contributed by atoms with Gasteiger partial charge in [-0.05, 0) is 36.4 Å². The monoisotopic (exact) mass is 449 g/mol. The fourth-order valence-electron chi connectivity index (χ4n) is 2.68. The number of carbonyl (C=O) groups is 1. The molecule has 1 aliphatic rings. The highest BCUT2D eigenvalue weighted by molar-refractivity contribution is 9.10. The second kappa shape index (κ2) is 7.98. The molecule has 2 aromatic rings. The van der Waals surface area contributed by atoms with Crippen LogP contribution in [0.15, 0.2) is 67.6 Å². The molecule has 27 heavy (non-hydrogen) atoms. The normalized spacial score (nSPS) is 15.5. The van der Waals surface area contributed by atoms with Crippen molar-refractivity contribution in [1.29, 1.82) is 5.26 Å². The Labute approximate surface area is 165 Å². The minimum Gasteiger partial charge on any atom is -0.459 e. The van der Waals surface area contributed by atoms with Crippen molar-refractivity contribution in [3.63, 3.8) is 0 Å². The van der Waals surface area contributed by atoms with Gasteiger partial charge in [-0.15, -0.1) is 0 Å². The number of sulfone groups is 1. The lowest BCUT2D eigenvalue weighted by atomic mass is 10.3. The highest BCUT2D eigenvalue weighted by Crippen LogP contribution is 2.22. The fourth-order valence-corrected chi connectivity index (χ4v) is 4.10. The molecule has 9 heteroatoms. The van der Waals surface area contributed by atoms with Crippen LogP contribution in [-0.4, -0.2) is 50.3 Å². The first-order valence-corrected chi connectivity index (χ1v) is 10.4. The van der Waals surface area contributed by atoms with E-state index in [2.05, 4.69) is 15.9 Å². The van der Waals surface area contributed by atoms with Gasteiger partial charge < -0.3 is 14.2 Å². The van der Waals surface area contributed by atoms with E-state index in [1.807, 2.05) is 0 Å². The van der Waals surface area contributed by atoms with Crippen LogP contribution in [0.3, 0.4) is 0 Å². The first kappa shape index (κ1) is 19.2. The molecule has 7 nitrogen and oxygen atoms in total. The van der Waals surface area contributed by atoms with Gasteiger partial charge in [-0.3, -0.25) is 4.79 Å². The first-order chi connectivity index (χ1) is 12.9. The maximum absolute atomic E-state index is 12.7. The van der Waals surface area contributed by atoms with Crippen LogP contribution in [0.5, 0.6) is 0 Å². The number of rotatable bonds is 4. The molecule has 1 saturated heterocycles. The van der Waals surface area contributed by atoms with E-state index in [9.17, 15) is 18.5 Å². The Kier molecular flexibility index (Phi) is 5.68. The number of nitrogens with zero attached hydrogens (tertiary/aromatic N) is 3. The summed E-state index contributed by atoms with van der Waals surface area (Å²) in [5, 5.41) is 9.36. The molecule has 0 atom stereocenters.